The summed E-state index contributed by atoms with van der Waals surface area (Å²) in [5.74, 6) is -1.53. The van der Waals surface area contributed by atoms with Crippen LogP contribution in [0.25, 0.3) is 0 Å². The van der Waals surface area contributed by atoms with Crippen LogP contribution in [0.4, 0.5) is 0 Å². The number of rotatable bonds is 7. The Hall–Kier alpha value is -2.09. The molecule has 7 nitrogen and oxygen atoms in total. The molecule has 120 valence electrons. The van der Waals surface area contributed by atoms with Gasteiger partial charge in [-0.1, -0.05) is 6.92 Å². The number of carbonyl (C=O) groups is 2. The molecule has 0 radical (unpaired) electrons. The molecule has 1 aliphatic rings. The maximum absolute atomic E-state index is 12.2. The maximum atomic E-state index is 12.2. The molecule has 2 rings (SSSR count). The van der Waals surface area contributed by atoms with E-state index in [1.165, 1.54) is 24.3 Å². The summed E-state index contributed by atoms with van der Waals surface area (Å²) in [6.45, 7) is 1.30. The maximum Gasteiger partial charge on any atom is 0.341 e. The first-order chi connectivity index (χ1) is 10.3. The van der Waals surface area contributed by atoms with Crippen LogP contribution < -0.4 is 9.46 Å². The third-order valence-electron chi connectivity index (χ3n) is 3.73. The van der Waals surface area contributed by atoms with E-state index in [1.807, 2.05) is 0 Å². The Bertz CT molecular complexity index is 676. The molecule has 1 aromatic rings. The van der Waals surface area contributed by atoms with Gasteiger partial charge in [-0.05, 0) is 43.5 Å². The van der Waals surface area contributed by atoms with Crippen molar-refractivity contribution in [3.8, 4) is 5.75 Å². The molecule has 2 N–H and O–H groups in total. The molecule has 8 heteroatoms. The van der Waals surface area contributed by atoms with Crippen molar-refractivity contribution >= 4 is 21.9 Å². The second kappa shape index (κ2) is 5.96. The number of ether oxygens (including phenoxy) is 1. The van der Waals surface area contributed by atoms with Crippen molar-refractivity contribution in [1.29, 1.82) is 0 Å². The van der Waals surface area contributed by atoms with Crippen LogP contribution in [0.15, 0.2) is 24.3 Å². The van der Waals surface area contributed by atoms with Crippen molar-refractivity contribution in [3.63, 3.8) is 0 Å². The van der Waals surface area contributed by atoms with Crippen molar-refractivity contribution < 1.29 is 27.9 Å². The Morgan fingerprint density at radius 1 is 1.27 bits per heavy atom. The summed E-state index contributed by atoms with van der Waals surface area (Å²) < 4.78 is 30.5. The van der Waals surface area contributed by atoms with E-state index >= 15 is 0 Å². The molecule has 0 unspecified atom stereocenters. The largest absolute Gasteiger partial charge is 0.482 e. The minimum atomic E-state index is -3.69. The Kier molecular flexibility index (Phi) is 4.41. The fraction of sp³-hybridized carbons (Fsp3) is 0.429. The van der Waals surface area contributed by atoms with E-state index in [4.69, 9.17) is 9.84 Å². The molecule has 1 amide bonds. The predicted molar refractivity (Wildman–Crippen MR) is 78.2 cm³/mol. The minimum Gasteiger partial charge on any atom is -0.482 e. The fourth-order valence-electron chi connectivity index (χ4n) is 2.09. The molecule has 0 atom stereocenters. The van der Waals surface area contributed by atoms with E-state index in [-0.39, 0.29) is 11.3 Å². The molecule has 1 fully saturated rings. The van der Waals surface area contributed by atoms with Crippen LogP contribution >= 0.6 is 0 Å². The van der Waals surface area contributed by atoms with Gasteiger partial charge in [0.25, 0.3) is 5.91 Å². The Labute approximate surface area is 128 Å². The lowest BCUT2D eigenvalue weighted by atomic mass is 10.2. The number of carboxylic acid groups (broad SMARTS) is 1. The zero-order chi connectivity index (χ0) is 16.4. The van der Waals surface area contributed by atoms with Crippen molar-refractivity contribution in [2.45, 2.75) is 30.9 Å². The number of carboxylic acids is 1. The zero-order valence-corrected chi connectivity index (χ0v) is 12.9. The van der Waals surface area contributed by atoms with Gasteiger partial charge in [0.2, 0.25) is 10.0 Å². The number of sulfonamides is 1. The number of hydrogen-bond acceptors (Lipinski definition) is 5. The zero-order valence-electron chi connectivity index (χ0n) is 12.0. The quantitative estimate of drug-likeness (QED) is 0.777. The number of carbonyl (C=O) groups excluding carboxylic acids is 1. The summed E-state index contributed by atoms with van der Waals surface area (Å²) in [7, 11) is -3.69. The van der Waals surface area contributed by atoms with Crippen LogP contribution in [0, 0.1) is 0 Å². The van der Waals surface area contributed by atoms with E-state index in [9.17, 15) is 18.0 Å². The monoisotopic (exact) mass is 327 g/mol. The van der Waals surface area contributed by atoms with Crippen LogP contribution in [-0.4, -0.2) is 36.8 Å². The summed E-state index contributed by atoms with van der Waals surface area (Å²) in [5, 5.41) is 8.49. The SMILES string of the molecule is CCC1(S(=O)(=O)NC(=O)c2ccc(OCC(=O)O)cc2)CC1. The number of hydrogen-bond donors (Lipinski definition) is 2. The van der Waals surface area contributed by atoms with Gasteiger partial charge in [-0.25, -0.2) is 17.9 Å². The van der Waals surface area contributed by atoms with Crippen molar-refractivity contribution in [3.05, 3.63) is 29.8 Å². The number of amides is 1. The molecule has 1 aromatic carbocycles. The van der Waals surface area contributed by atoms with Gasteiger partial charge in [0.05, 0.1) is 4.75 Å². The van der Waals surface area contributed by atoms with Crippen LogP contribution in [0.1, 0.15) is 36.5 Å². The molecular weight excluding hydrogens is 310 g/mol. The molecule has 1 saturated carbocycles. The van der Waals surface area contributed by atoms with Crippen molar-refractivity contribution in [2.24, 2.45) is 0 Å². The van der Waals surface area contributed by atoms with E-state index < -0.39 is 33.3 Å². The molecule has 0 bridgehead atoms. The highest BCUT2D eigenvalue weighted by atomic mass is 32.2. The molecule has 0 saturated heterocycles. The molecular formula is C14H17NO6S. The van der Waals surface area contributed by atoms with Crippen LogP contribution in [0.3, 0.4) is 0 Å². The summed E-state index contributed by atoms with van der Waals surface area (Å²) in [6.07, 6.45) is 1.60. The smallest absolute Gasteiger partial charge is 0.341 e. The standard InChI is InChI=1S/C14H17NO6S/c1-2-14(7-8-14)22(19,20)15-13(18)10-3-5-11(6-4-10)21-9-12(16)17/h3-6H,2,7-9H2,1H3,(H,15,18)(H,16,17). The fourth-order valence-corrected chi connectivity index (χ4v) is 3.69. The third-order valence-corrected chi connectivity index (χ3v) is 6.02. The first kappa shape index (κ1) is 16.3. The van der Waals surface area contributed by atoms with Crippen molar-refractivity contribution in [2.75, 3.05) is 6.61 Å². The third kappa shape index (κ3) is 3.38. The first-order valence-electron chi connectivity index (χ1n) is 6.81. The molecule has 0 spiro atoms. The van der Waals surface area contributed by atoms with Gasteiger partial charge < -0.3 is 9.84 Å². The molecule has 22 heavy (non-hydrogen) atoms. The predicted octanol–water partition coefficient (Wildman–Crippen LogP) is 1.15. The van der Waals surface area contributed by atoms with E-state index in [0.717, 1.165) is 0 Å². The van der Waals surface area contributed by atoms with Crippen molar-refractivity contribution in [1.82, 2.24) is 4.72 Å². The average molecular weight is 327 g/mol. The molecule has 0 aromatic heterocycles. The lowest BCUT2D eigenvalue weighted by molar-refractivity contribution is -0.139. The highest BCUT2D eigenvalue weighted by molar-refractivity contribution is 7.91. The number of aliphatic carboxylic acids is 1. The van der Waals surface area contributed by atoms with Crippen LogP contribution in [0.5, 0.6) is 5.75 Å². The second-order valence-corrected chi connectivity index (χ2v) is 7.26. The van der Waals surface area contributed by atoms with Crippen LogP contribution in [0.2, 0.25) is 0 Å². The summed E-state index contributed by atoms with van der Waals surface area (Å²) in [6, 6.07) is 5.59. The Balaban J connectivity index is 2.03. The summed E-state index contributed by atoms with van der Waals surface area (Å²) in [5.41, 5.74) is 0.165. The highest BCUT2D eigenvalue weighted by Gasteiger charge is 2.53. The van der Waals surface area contributed by atoms with Gasteiger partial charge in [0, 0.05) is 5.56 Å². The van der Waals surface area contributed by atoms with Gasteiger partial charge in [-0.15, -0.1) is 0 Å². The Morgan fingerprint density at radius 2 is 1.86 bits per heavy atom. The molecule has 1 aliphatic carbocycles. The lowest BCUT2D eigenvalue weighted by Gasteiger charge is -2.14. The Morgan fingerprint density at radius 3 is 2.32 bits per heavy atom. The van der Waals surface area contributed by atoms with Gasteiger partial charge in [-0.2, -0.15) is 0 Å². The van der Waals surface area contributed by atoms with E-state index in [1.54, 1.807) is 6.92 Å². The summed E-state index contributed by atoms with van der Waals surface area (Å²) in [4.78, 5) is 22.4. The summed E-state index contributed by atoms with van der Waals surface area (Å²) >= 11 is 0. The first-order valence-corrected chi connectivity index (χ1v) is 8.29. The van der Waals surface area contributed by atoms with Gasteiger partial charge >= 0.3 is 5.97 Å². The van der Waals surface area contributed by atoms with Gasteiger partial charge in [0.15, 0.2) is 6.61 Å². The lowest BCUT2D eigenvalue weighted by Crippen LogP contribution is -2.39. The number of nitrogens with one attached hydrogen (secondary N) is 1. The number of benzene rings is 1. The second-order valence-electron chi connectivity index (χ2n) is 5.18. The van der Waals surface area contributed by atoms with E-state index in [0.29, 0.717) is 19.3 Å². The topological polar surface area (TPSA) is 110 Å². The van der Waals surface area contributed by atoms with Gasteiger partial charge in [0.1, 0.15) is 5.75 Å². The van der Waals surface area contributed by atoms with Gasteiger partial charge in [-0.3, -0.25) is 4.79 Å². The van der Waals surface area contributed by atoms with E-state index in [2.05, 4.69) is 4.72 Å². The minimum absolute atomic E-state index is 0.165. The van der Waals surface area contributed by atoms with Crippen LogP contribution in [-0.2, 0) is 14.8 Å². The molecule has 0 aliphatic heterocycles. The average Bonchev–Trinajstić information content (AvgIpc) is 3.26. The highest BCUT2D eigenvalue weighted by Crippen LogP contribution is 2.45. The normalized spacial score (nSPS) is 15.9. The molecule has 0 heterocycles.